The molecule has 1 saturated heterocycles. The molecule has 2 heterocycles. The Morgan fingerprint density at radius 2 is 2.05 bits per heavy atom. The third kappa shape index (κ3) is 2.42. The summed E-state index contributed by atoms with van der Waals surface area (Å²) in [6.45, 7) is 6.14. The molecule has 0 radical (unpaired) electrons. The second-order valence-electron chi connectivity index (χ2n) is 5.50. The number of hydrogen-bond acceptors (Lipinski definition) is 4. The molecule has 1 fully saturated rings. The Kier molecular flexibility index (Phi) is 3.77. The van der Waals surface area contributed by atoms with Crippen molar-refractivity contribution in [2.75, 3.05) is 26.2 Å². The molecule has 0 spiro atoms. The van der Waals surface area contributed by atoms with Crippen molar-refractivity contribution in [3.8, 4) is 0 Å². The van der Waals surface area contributed by atoms with E-state index in [2.05, 4.69) is 17.2 Å². The standard InChI is InChI=1S/C16H17N3O3/c1-2-5-19-15(21)12-4-3-11(6-13(12)16(19)22)14(20)18-9-10-7-17-8-10/h2-4,6,10,17H,1,5,7-9H2,(H,18,20). The van der Waals surface area contributed by atoms with Gasteiger partial charge in [-0.2, -0.15) is 0 Å². The van der Waals surface area contributed by atoms with Gasteiger partial charge in [0.1, 0.15) is 0 Å². The lowest BCUT2D eigenvalue weighted by atomic mass is 10.0. The maximum atomic E-state index is 12.2. The zero-order valence-electron chi connectivity index (χ0n) is 12.1. The van der Waals surface area contributed by atoms with Crippen molar-refractivity contribution in [1.29, 1.82) is 0 Å². The van der Waals surface area contributed by atoms with Crippen molar-refractivity contribution < 1.29 is 14.4 Å². The van der Waals surface area contributed by atoms with E-state index < -0.39 is 0 Å². The molecule has 2 N–H and O–H groups in total. The summed E-state index contributed by atoms with van der Waals surface area (Å²) in [5, 5.41) is 5.99. The van der Waals surface area contributed by atoms with Crippen LogP contribution in [0.3, 0.4) is 0 Å². The molecule has 3 amide bonds. The molecule has 6 heteroatoms. The van der Waals surface area contributed by atoms with Crippen LogP contribution in [0.4, 0.5) is 0 Å². The number of carbonyl (C=O) groups excluding carboxylic acids is 3. The highest BCUT2D eigenvalue weighted by atomic mass is 16.2. The number of rotatable bonds is 5. The monoisotopic (exact) mass is 299 g/mol. The van der Waals surface area contributed by atoms with Crippen LogP contribution in [0.15, 0.2) is 30.9 Å². The van der Waals surface area contributed by atoms with E-state index in [-0.39, 0.29) is 29.8 Å². The van der Waals surface area contributed by atoms with Gasteiger partial charge in [-0.3, -0.25) is 19.3 Å². The predicted octanol–water partition coefficient (Wildman–Crippen LogP) is 0.418. The van der Waals surface area contributed by atoms with Crippen LogP contribution in [0.5, 0.6) is 0 Å². The molecule has 2 aliphatic heterocycles. The Hall–Kier alpha value is -2.47. The van der Waals surface area contributed by atoms with Gasteiger partial charge in [0.25, 0.3) is 17.7 Å². The fourth-order valence-corrected chi connectivity index (χ4v) is 2.56. The minimum absolute atomic E-state index is 0.169. The number of amides is 3. The third-order valence-electron chi connectivity index (χ3n) is 3.96. The Bertz CT molecular complexity index is 665. The first-order valence-corrected chi connectivity index (χ1v) is 7.22. The minimum Gasteiger partial charge on any atom is -0.352 e. The highest BCUT2D eigenvalue weighted by Crippen LogP contribution is 2.24. The molecule has 114 valence electrons. The van der Waals surface area contributed by atoms with Crippen LogP contribution in [-0.2, 0) is 0 Å². The number of nitrogens with zero attached hydrogens (tertiary/aromatic N) is 1. The van der Waals surface area contributed by atoms with E-state index in [1.54, 1.807) is 12.1 Å². The largest absolute Gasteiger partial charge is 0.352 e. The molecule has 1 aromatic rings. The van der Waals surface area contributed by atoms with Crippen LogP contribution >= 0.6 is 0 Å². The topological polar surface area (TPSA) is 78.5 Å². The van der Waals surface area contributed by atoms with Gasteiger partial charge in [0, 0.05) is 37.7 Å². The first kappa shape index (κ1) is 14.5. The third-order valence-corrected chi connectivity index (χ3v) is 3.96. The van der Waals surface area contributed by atoms with Gasteiger partial charge in [-0.05, 0) is 18.2 Å². The SMILES string of the molecule is C=CCN1C(=O)c2ccc(C(=O)NCC3CNC3)cc2C1=O. The number of imide groups is 1. The fraction of sp³-hybridized carbons (Fsp3) is 0.312. The molecule has 0 unspecified atom stereocenters. The van der Waals surface area contributed by atoms with Crippen LogP contribution in [0.1, 0.15) is 31.1 Å². The van der Waals surface area contributed by atoms with E-state index in [1.807, 2.05) is 0 Å². The summed E-state index contributed by atoms with van der Waals surface area (Å²) in [6, 6.07) is 4.61. The Labute approximate surface area is 128 Å². The van der Waals surface area contributed by atoms with Gasteiger partial charge in [-0.15, -0.1) is 6.58 Å². The molecule has 0 atom stereocenters. The van der Waals surface area contributed by atoms with Crippen LogP contribution in [0.2, 0.25) is 0 Å². The van der Waals surface area contributed by atoms with E-state index >= 15 is 0 Å². The van der Waals surface area contributed by atoms with Gasteiger partial charge in [0.2, 0.25) is 0 Å². The molecule has 0 aromatic heterocycles. The molecule has 0 bridgehead atoms. The number of carbonyl (C=O) groups is 3. The summed E-state index contributed by atoms with van der Waals surface area (Å²) in [7, 11) is 0. The predicted molar refractivity (Wildman–Crippen MR) is 80.7 cm³/mol. The molecular formula is C16H17N3O3. The normalized spacial score (nSPS) is 17.2. The molecule has 6 nitrogen and oxygen atoms in total. The maximum Gasteiger partial charge on any atom is 0.261 e. The van der Waals surface area contributed by atoms with Gasteiger partial charge >= 0.3 is 0 Å². The second-order valence-corrected chi connectivity index (χ2v) is 5.50. The van der Waals surface area contributed by atoms with Crippen LogP contribution in [0.25, 0.3) is 0 Å². The summed E-state index contributed by atoms with van der Waals surface area (Å²) < 4.78 is 0. The first-order chi connectivity index (χ1) is 10.6. The summed E-state index contributed by atoms with van der Waals surface area (Å²) in [5.74, 6) is -0.480. The van der Waals surface area contributed by atoms with Crippen molar-refractivity contribution in [2.45, 2.75) is 0 Å². The van der Waals surface area contributed by atoms with E-state index in [1.165, 1.54) is 12.1 Å². The van der Waals surface area contributed by atoms with Crippen molar-refractivity contribution in [2.24, 2.45) is 5.92 Å². The lowest BCUT2D eigenvalue weighted by molar-refractivity contribution is 0.0672. The molecule has 2 aliphatic rings. The maximum absolute atomic E-state index is 12.2. The number of nitrogens with one attached hydrogen (secondary N) is 2. The van der Waals surface area contributed by atoms with Gasteiger partial charge in [-0.1, -0.05) is 6.08 Å². The number of hydrogen-bond donors (Lipinski definition) is 2. The van der Waals surface area contributed by atoms with E-state index in [0.29, 0.717) is 23.6 Å². The fourth-order valence-electron chi connectivity index (χ4n) is 2.56. The summed E-state index contributed by atoms with van der Waals surface area (Å²) in [5.41, 5.74) is 1.02. The Morgan fingerprint density at radius 1 is 1.32 bits per heavy atom. The summed E-state index contributed by atoms with van der Waals surface area (Å²) in [6.07, 6.45) is 1.50. The Morgan fingerprint density at radius 3 is 2.68 bits per heavy atom. The average molecular weight is 299 g/mol. The highest BCUT2D eigenvalue weighted by Gasteiger charge is 2.35. The lowest BCUT2D eigenvalue weighted by Gasteiger charge is -2.27. The average Bonchev–Trinajstić information content (AvgIpc) is 2.70. The molecular weight excluding hydrogens is 282 g/mol. The van der Waals surface area contributed by atoms with E-state index in [0.717, 1.165) is 18.0 Å². The van der Waals surface area contributed by atoms with Crippen LogP contribution < -0.4 is 10.6 Å². The van der Waals surface area contributed by atoms with E-state index in [9.17, 15) is 14.4 Å². The zero-order valence-corrected chi connectivity index (χ0v) is 12.1. The second kappa shape index (κ2) is 5.73. The lowest BCUT2D eigenvalue weighted by Crippen LogP contribution is -2.48. The quantitative estimate of drug-likeness (QED) is 0.610. The molecule has 0 aliphatic carbocycles. The molecule has 0 saturated carbocycles. The van der Waals surface area contributed by atoms with Gasteiger partial charge in [0.05, 0.1) is 11.1 Å². The minimum atomic E-state index is -0.377. The first-order valence-electron chi connectivity index (χ1n) is 7.22. The van der Waals surface area contributed by atoms with Crippen molar-refractivity contribution in [1.82, 2.24) is 15.5 Å². The smallest absolute Gasteiger partial charge is 0.261 e. The summed E-state index contributed by atoms with van der Waals surface area (Å²) >= 11 is 0. The van der Waals surface area contributed by atoms with Crippen molar-refractivity contribution >= 4 is 17.7 Å². The Balaban J connectivity index is 1.77. The molecule has 22 heavy (non-hydrogen) atoms. The van der Waals surface area contributed by atoms with E-state index in [4.69, 9.17) is 0 Å². The number of fused-ring (bicyclic) bond motifs is 1. The summed E-state index contributed by atoms with van der Waals surface area (Å²) in [4.78, 5) is 37.6. The van der Waals surface area contributed by atoms with Crippen LogP contribution in [-0.4, -0.2) is 48.8 Å². The van der Waals surface area contributed by atoms with Gasteiger partial charge < -0.3 is 10.6 Å². The number of benzene rings is 1. The highest BCUT2D eigenvalue weighted by molar-refractivity contribution is 6.22. The zero-order chi connectivity index (χ0) is 15.7. The molecule has 1 aromatic carbocycles. The van der Waals surface area contributed by atoms with Crippen molar-refractivity contribution in [3.63, 3.8) is 0 Å². The molecule has 3 rings (SSSR count). The van der Waals surface area contributed by atoms with Crippen molar-refractivity contribution in [3.05, 3.63) is 47.5 Å². The van der Waals surface area contributed by atoms with Crippen LogP contribution in [0, 0.1) is 5.92 Å². The van der Waals surface area contributed by atoms with Gasteiger partial charge in [0.15, 0.2) is 0 Å². The van der Waals surface area contributed by atoms with Gasteiger partial charge in [-0.25, -0.2) is 0 Å².